The van der Waals surface area contributed by atoms with Crippen molar-refractivity contribution in [1.29, 1.82) is 0 Å². The van der Waals surface area contributed by atoms with Crippen molar-refractivity contribution in [2.24, 2.45) is 0 Å². The monoisotopic (exact) mass is 285 g/mol. The molecule has 1 unspecified atom stereocenters. The molecule has 0 amide bonds. The Morgan fingerprint density at radius 1 is 1.33 bits per heavy atom. The number of nitrogens with zero attached hydrogens (tertiary/aromatic N) is 2. The number of hydrogen-bond acceptors (Lipinski definition) is 4. The van der Waals surface area contributed by atoms with Crippen LogP contribution in [0.5, 0.6) is 0 Å². The summed E-state index contributed by atoms with van der Waals surface area (Å²) in [6.45, 7) is 5.39. The first-order valence-electron chi connectivity index (χ1n) is 7.57. The summed E-state index contributed by atoms with van der Waals surface area (Å²) in [6, 6.07) is 4.59. The maximum absolute atomic E-state index is 12.2. The first-order valence-corrected chi connectivity index (χ1v) is 7.57. The van der Waals surface area contributed by atoms with Crippen LogP contribution in [0.25, 0.3) is 10.9 Å². The molecule has 1 fully saturated rings. The summed E-state index contributed by atoms with van der Waals surface area (Å²) in [7, 11) is 0. The van der Waals surface area contributed by atoms with Crippen LogP contribution in [-0.4, -0.2) is 41.2 Å². The molecule has 1 atom stereocenters. The maximum Gasteiger partial charge on any atom is 0.258 e. The first-order chi connectivity index (χ1) is 10.2. The molecule has 0 bridgehead atoms. The average Bonchev–Trinajstić information content (AvgIpc) is 2.89. The van der Waals surface area contributed by atoms with Crippen LogP contribution in [0.2, 0.25) is 0 Å². The third kappa shape index (κ3) is 2.17. The van der Waals surface area contributed by atoms with Crippen LogP contribution in [0.15, 0.2) is 16.9 Å². The molecule has 2 aliphatic rings. The summed E-state index contributed by atoms with van der Waals surface area (Å²) in [6.07, 6.45) is 2.20. The zero-order valence-corrected chi connectivity index (χ0v) is 12.2. The molecule has 1 saturated heterocycles. The van der Waals surface area contributed by atoms with Crippen molar-refractivity contribution in [3.8, 4) is 0 Å². The van der Waals surface area contributed by atoms with E-state index < -0.39 is 0 Å². The van der Waals surface area contributed by atoms with Gasteiger partial charge in [-0.3, -0.25) is 9.69 Å². The van der Waals surface area contributed by atoms with Gasteiger partial charge in [0.2, 0.25) is 0 Å². The summed E-state index contributed by atoms with van der Waals surface area (Å²) >= 11 is 0. The molecule has 0 radical (unpaired) electrons. The Morgan fingerprint density at radius 3 is 2.95 bits per heavy atom. The molecule has 1 aromatic heterocycles. The normalized spacial score (nSPS) is 22.6. The van der Waals surface area contributed by atoms with E-state index in [1.54, 1.807) is 0 Å². The van der Waals surface area contributed by atoms with Gasteiger partial charge in [0, 0.05) is 19.1 Å². The fourth-order valence-electron chi connectivity index (χ4n) is 3.61. The van der Waals surface area contributed by atoms with Crippen LogP contribution >= 0.6 is 0 Å². The minimum absolute atomic E-state index is 0.0343. The zero-order chi connectivity index (χ0) is 14.4. The van der Waals surface area contributed by atoms with E-state index in [9.17, 15) is 4.79 Å². The van der Waals surface area contributed by atoms with Crippen LogP contribution in [0.3, 0.4) is 0 Å². The largest absolute Gasteiger partial charge is 0.379 e. The lowest BCUT2D eigenvalue weighted by Crippen LogP contribution is -2.38. The lowest BCUT2D eigenvalue weighted by atomic mass is 10.0. The SMILES string of the molecule is Cc1nc2cc3c(cc2c(=O)[nH]1)C(N1CCOCC1)CC3. The molecule has 2 aromatic rings. The van der Waals surface area contributed by atoms with Gasteiger partial charge in [0.1, 0.15) is 5.82 Å². The van der Waals surface area contributed by atoms with Crippen molar-refractivity contribution < 1.29 is 4.74 Å². The molecule has 5 nitrogen and oxygen atoms in total. The van der Waals surface area contributed by atoms with E-state index in [4.69, 9.17) is 4.74 Å². The average molecular weight is 285 g/mol. The highest BCUT2D eigenvalue weighted by molar-refractivity contribution is 5.80. The predicted octanol–water partition coefficient (Wildman–Crippen LogP) is 1.55. The van der Waals surface area contributed by atoms with E-state index in [0.717, 1.165) is 44.7 Å². The van der Waals surface area contributed by atoms with Crippen molar-refractivity contribution in [2.75, 3.05) is 26.3 Å². The van der Waals surface area contributed by atoms with Crippen LogP contribution in [0.1, 0.15) is 29.4 Å². The maximum atomic E-state index is 12.2. The molecule has 1 aromatic carbocycles. The van der Waals surface area contributed by atoms with Gasteiger partial charge in [0.25, 0.3) is 5.56 Å². The number of hydrogen-bond donors (Lipinski definition) is 1. The number of morpholine rings is 1. The van der Waals surface area contributed by atoms with Crippen LogP contribution in [0, 0.1) is 6.92 Å². The number of aromatic nitrogens is 2. The molecular weight excluding hydrogens is 266 g/mol. The topological polar surface area (TPSA) is 58.2 Å². The predicted molar refractivity (Wildman–Crippen MR) is 80.6 cm³/mol. The molecule has 1 N–H and O–H groups in total. The van der Waals surface area contributed by atoms with Crippen LogP contribution in [0.4, 0.5) is 0 Å². The molecule has 21 heavy (non-hydrogen) atoms. The van der Waals surface area contributed by atoms with Crippen molar-refractivity contribution in [2.45, 2.75) is 25.8 Å². The number of fused-ring (bicyclic) bond motifs is 2. The number of aromatic amines is 1. The smallest absolute Gasteiger partial charge is 0.258 e. The quantitative estimate of drug-likeness (QED) is 0.863. The third-order valence-electron chi connectivity index (χ3n) is 4.62. The highest BCUT2D eigenvalue weighted by Crippen LogP contribution is 2.37. The number of rotatable bonds is 1. The van der Waals surface area contributed by atoms with E-state index in [2.05, 4.69) is 27.0 Å². The molecule has 0 saturated carbocycles. The molecule has 0 spiro atoms. The van der Waals surface area contributed by atoms with Crippen molar-refractivity contribution in [3.05, 3.63) is 39.4 Å². The van der Waals surface area contributed by atoms with Gasteiger partial charge in [-0.1, -0.05) is 0 Å². The minimum Gasteiger partial charge on any atom is -0.379 e. The van der Waals surface area contributed by atoms with Crippen LogP contribution in [-0.2, 0) is 11.2 Å². The second kappa shape index (κ2) is 4.93. The Hall–Kier alpha value is -1.72. The van der Waals surface area contributed by atoms with Crippen molar-refractivity contribution >= 4 is 10.9 Å². The minimum atomic E-state index is -0.0343. The van der Waals surface area contributed by atoms with Gasteiger partial charge in [-0.25, -0.2) is 4.98 Å². The lowest BCUT2D eigenvalue weighted by Gasteiger charge is -2.32. The fraction of sp³-hybridized carbons (Fsp3) is 0.500. The summed E-state index contributed by atoms with van der Waals surface area (Å²) in [5.41, 5.74) is 3.43. The third-order valence-corrected chi connectivity index (χ3v) is 4.62. The summed E-state index contributed by atoms with van der Waals surface area (Å²) in [5, 5.41) is 0.708. The van der Waals surface area contributed by atoms with Gasteiger partial charge >= 0.3 is 0 Å². The van der Waals surface area contributed by atoms with Gasteiger partial charge in [-0.2, -0.15) is 0 Å². The highest BCUT2D eigenvalue weighted by atomic mass is 16.5. The van der Waals surface area contributed by atoms with E-state index in [1.807, 2.05) is 6.92 Å². The Labute approximate surface area is 122 Å². The van der Waals surface area contributed by atoms with E-state index in [1.165, 1.54) is 11.1 Å². The lowest BCUT2D eigenvalue weighted by molar-refractivity contribution is 0.0165. The Morgan fingerprint density at radius 2 is 2.14 bits per heavy atom. The van der Waals surface area contributed by atoms with Gasteiger partial charge < -0.3 is 9.72 Å². The van der Waals surface area contributed by atoms with Gasteiger partial charge in [-0.15, -0.1) is 0 Å². The molecule has 110 valence electrons. The van der Waals surface area contributed by atoms with E-state index >= 15 is 0 Å². The zero-order valence-electron chi connectivity index (χ0n) is 12.2. The molecular formula is C16H19N3O2. The number of benzene rings is 1. The molecule has 5 heteroatoms. The van der Waals surface area contributed by atoms with Gasteiger partial charge in [0.15, 0.2) is 0 Å². The molecule has 1 aliphatic heterocycles. The van der Waals surface area contributed by atoms with Crippen molar-refractivity contribution in [1.82, 2.24) is 14.9 Å². The standard InChI is InChI=1S/C16H19N3O2/c1-10-17-14-8-11-2-3-15(19-4-6-21-7-5-19)12(11)9-13(14)16(20)18-10/h8-9,15H,2-7H2,1H3,(H,17,18,20). The Bertz CT molecular complexity index is 747. The van der Waals surface area contributed by atoms with E-state index in [-0.39, 0.29) is 5.56 Å². The number of nitrogens with one attached hydrogen (secondary N) is 1. The molecule has 4 rings (SSSR count). The van der Waals surface area contributed by atoms with Gasteiger partial charge in [0.05, 0.1) is 24.1 Å². The fourth-order valence-corrected chi connectivity index (χ4v) is 3.61. The van der Waals surface area contributed by atoms with Crippen molar-refractivity contribution in [3.63, 3.8) is 0 Å². The number of aryl methyl sites for hydroxylation is 2. The molecule has 1 aliphatic carbocycles. The second-order valence-electron chi connectivity index (χ2n) is 5.92. The molecule has 2 heterocycles. The van der Waals surface area contributed by atoms with Gasteiger partial charge in [-0.05, 0) is 43.0 Å². The van der Waals surface area contributed by atoms with E-state index in [0.29, 0.717) is 17.3 Å². The highest BCUT2D eigenvalue weighted by Gasteiger charge is 2.29. The number of H-pyrrole nitrogens is 1. The Kier molecular flexibility index (Phi) is 3.05. The first kappa shape index (κ1) is 13.0. The number of ether oxygens (including phenoxy) is 1. The summed E-state index contributed by atoms with van der Waals surface area (Å²) in [4.78, 5) is 21.9. The second-order valence-corrected chi connectivity index (χ2v) is 5.92. The van der Waals surface area contributed by atoms with Crippen LogP contribution < -0.4 is 5.56 Å². The summed E-state index contributed by atoms with van der Waals surface area (Å²) in [5.74, 6) is 0.676. The Balaban J connectivity index is 1.81. The summed E-state index contributed by atoms with van der Waals surface area (Å²) < 4.78 is 5.44.